The van der Waals surface area contributed by atoms with Gasteiger partial charge in [-0.3, -0.25) is 0 Å². The molecule has 3 rings (SSSR count). The fraction of sp³-hybridized carbons (Fsp3) is 0.133. The Hall–Kier alpha value is -1.43. The summed E-state index contributed by atoms with van der Waals surface area (Å²) in [5.74, 6) is 0. The van der Waals surface area contributed by atoms with Gasteiger partial charge in [0.15, 0.2) is 5.11 Å². The van der Waals surface area contributed by atoms with Crippen LogP contribution in [0, 0.1) is 0 Å². The molecule has 1 fully saturated rings. The van der Waals surface area contributed by atoms with Crippen molar-refractivity contribution in [2.24, 2.45) is 0 Å². The van der Waals surface area contributed by atoms with Gasteiger partial charge in [0.05, 0.1) is 5.69 Å². The molecule has 1 heterocycles. The Morgan fingerprint density at radius 2 is 1.85 bits per heavy atom. The number of hydrazine groups is 1. The molecule has 0 spiro atoms. The lowest BCUT2D eigenvalue weighted by atomic mass is 10.0. The lowest BCUT2D eigenvalue weighted by Crippen LogP contribution is -2.45. The highest BCUT2D eigenvalue weighted by Crippen LogP contribution is 2.27. The van der Waals surface area contributed by atoms with E-state index in [9.17, 15) is 0 Å². The summed E-state index contributed by atoms with van der Waals surface area (Å²) in [7, 11) is 0. The summed E-state index contributed by atoms with van der Waals surface area (Å²) < 4.78 is 1.05. The monoisotopic (exact) mass is 347 g/mol. The van der Waals surface area contributed by atoms with Crippen molar-refractivity contribution in [1.29, 1.82) is 0 Å². The first-order valence-corrected chi connectivity index (χ1v) is 7.50. The number of anilines is 1. The number of thiocarbonyl (C=S) groups is 1. The summed E-state index contributed by atoms with van der Waals surface area (Å²) >= 11 is 8.95. The standard InChI is InChI=1S/C15H14BrN3S/c1-15(11-6-5-7-12(16)10-11)17-14(20)19(18-15)13-8-3-2-4-9-13/h2-10,18H,1H3,(H,17,20)/t15-/m0/s1. The van der Waals surface area contributed by atoms with Gasteiger partial charge in [0.2, 0.25) is 0 Å². The molecular weight excluding hydrogens is 334 g/mol. The highest BCUT2D eigenvalue weighted by Gasteiger charge is 2.38. The third-order valence-electron chi connectivity index (χ3n) is 3.31. The van der Waals surface area contributed by atoms with Crippen LogP contribution in [0.4, 0.5) is 5.69 Å². The van der Waals surface area contributed by atoms with Crippen LogP contribution in [0.3, 0.4) is 0 Å². The van der Waals surface area contributed by atoms with E-state index in [0.717, 1.165) is 15.7 Å². The van der Waals surface area contributed by atoms with Crippen molar-refractivity contribution in [2.75, 3.05) is 5.01 Å². The zero-order valence-electron chi connectivity index (χ0n) is 10.9. The number of nitrogens with zero attached hydrogens (tertiary/aromatic N) is 1. The first-order chi connectivity index (χ1) is 9.58. The van der Waals surface area contributed by atoms with Crippen LogP contribution in [0.5, 0.6) is 0 Å². The molecule has 0 radical (unpaired) electrons. The van der Waals surface area contributed by atoms with Crippen molar-refractivity contribution in [3.63, 3.8) is 0 Å². The molecule has 2 aromatic rings. The van der Waals surface area contributed by atoms with Gasteiger partial charge >= 0.3 is 0 Å². The minimum Gasteiger partial charge on any atom is -0.338 e. The number of rotatable bonds is 2. The average molecular weight is 348 g/mol. The molecule has 2 aromatic carbocycles. The third kappa shape index (κ3) is 2.44. The topological polar surface area (TPSA) is 27.3 Å². The van der Waals surface area contributed by atoms with Crippen molar-refractivity contribution in [2.45, 2.75) is 12.6 Å². The number of benzene rings is 2. The first-order valence-electron chi connectivity index (χ1n) is 6.30. The van der Waals surface area contributed by atoms with Crippen LogP contribution in [0.25, 0.3) is 0 Å². The number of nitrogens with one attached hydrogen (secondary N) is 2. The van der Waals surface area contributed by atoms with E-state index in [0.29, 0.717) is 5.11 Å². The van der Waals surface area contributed by atoms with Gasteiger partial charge in [0.25, 0.3) is 0 Å². The molecule has 2 N–H and O–H groups in total. The van der Waals surface area contributed by atoms with E-state index < -0.39 is 5.66 Å². The van der Waals surface area contributed by atoms with Crippen molar-refractivity contribution in [3.8, 4) is 0 Å². The molecule has 20 heavy (non-hydrogen) atoms. The van der Waals surface area contributed by atoms with Crippen LogP contribution in [-0.4, -0.2) is 5.11 Å². The van der Waals surface area contributed by atoms with E-state index in [-0.39, 0.29) is 0 Å². The Balaban J connectivity index is 1.93. The molecule has 102 valence electrons. The summed E-state index contributed by atoms with van der Waals surface area (Å²) in [6.07, 6.45) is 0. The van der Waals surface area contributed by atoms with Gasteiger partial charge in [-0.1, -0.05) is 46.3 Å². The predicted molar refractivity (Wildman–Crippen MR) is 89.3 cm³/mol. The SMILES string of the molecule is C[C@]1(c2cccc(Br)c2)NC(=S)N(c2ccccc2)N1. The van der Waals surface area contributed by atoms with Crippen LogP contribution in [-0.2, 0) is 5.66 Å². The lowest BCUT2D eigenvalue weighted by molar-refractivity contribution is 0.389. The quantitative estimate of drug-likeness (QED) is 0.812. The van der Waals surface area contributed by atoms with Crippen molar-refractivity contribution >= 4 is 38.9 Å². The summed E-state index contributed by atoms with van der Waals surface area (Å²) in [5.41, 5.74) is 5.15. The van der Waals surface area contributed by atoms with E-state index >= 15 is 0 Å². The third-order valence-corrected chi connectivity index (χ3v) is 4.09. The van der Waals surface area contributed by atoms with E-state index in [1.807, 2.05) is 47.5 Å². The Kier molecular flexibility index (Phi) is 3.50. The molecule has 0 saturated carbocycles. The van der Waals surface area contributed by atoms with Gasteiger partial charge in [-0.25, -0.2) is 5.01 Å². The average Bonchev–Trinajstić information content (AvgIpc) is 2.77. The number of halogens is 1. The van der Waals surface area contributed by atoms with Crippen molar-refractivity contribution in [1.82, 2.24) is 10.7 Å². The second-order valence-electron chi connectivity index (χ2n) is 4.85. The van der Waals surface area contributed by atoms with Gasteiger partial charge in [-0.05, 0) is 49.0 Å². The fourth-order valence-electron chi connectivity index (χ4n) is 2.27. The molecule has 0 aliphatic carbocycles. The molecule has 5 heteroatoms. The molecule has 1 saturated heterocycles. The van der Waals surface area contributed by atoms with Gasteiger partial charge in [-0.2, -0.15) is 5.43 Å². The Labute approximate surface area is 132 Å². The normalized spacial score (nSPS) is 21.9. The van der Waals surface area contributed by atoms with E-state index in [1.54, 1.807) is 0 Å². The van der Waals surface area contributed by atoms with Gasteiger partial charge < -0.3 is 5.32 Å². The smallest absolute Gasteiger partial charge is 0.190 e. The van der Waals surface area contributed by atoms with E-state index in [4.69, 9.17) is 12.2 Å². The van der Waals surface area contributed by atoms with Gasteiger partial charge in [0, 0.05) is 4.47 Å². The Morgan fingerprint density at radius 3 is 2.55 bits per heavy atom. The molecule has 1 aliphatic rings. The molecule has 0 aromatic heterocycles. The fourth-order valence-corrected chi connectivity index (χ4v) is 3.02. The molecule has 1 atom stereocenters. The van der Waals surface area contributed by atoms with Crippen LogP contribution in [0.1, 0.15) is 12.5 Å². The van der Waals surface area contributed by atoms with Crippen LogP contribution in [0.2, 0.25) is 0 Å². The second-order valence-corrected chi connectivity index (χ2v) is 6.15. The largest absolute Gasteiger partial charge is 0.338 e. The van der Waals surface area contributed by atoms with E-state index in [1.165, 1.54) is 0 Å². The van der Waals surface area contributed by atoms with Crippen LogP contribution < -0.4 is 15.8 Å². The lowest BCUT2D eigenvalue weighted by Gasteiger charge is -2.26. The second kappa shape index (κ2) is 5.16. The minimum atomic E-state index is -0.420. The summed E-state index contributed by atoms with van der Waals surface area (Å²) in [6.45, 7) is 2.07. The highest BCUT2D eigenvalue weighted by molar-refractivity contribution is 9.10. The molecule has 1 aliphatic heterocycles. The maximum absolute atomic E-state index is 5.44. The van der Waals surface area contributed by atoms with Crippen LogP contribution >= 0.6 is 28.1 Å². The maximum atomic E-state index is 5.44. The van der Waals surface area contributed by atoms with Crippen molar-refractivity contribution < 1.29 is 0 Å². The highest BCUT2D eigenvalue weighted by atomic mass is 79.9. The molecule has 0 unspecified atom stereocenters. The number of para-hydroxylation sites is 1. The van der Waals surface area contributed by atoms with E-state index in [2.05, 4.69) is 45.7 Å². The first kappa shape index (κ1) is 13.5. The molecular formula is C15H14BrN3S. The zero-order valence-corrected chi connectivity index (χ0v) is 13.3. The zero-order chi connectivity index (χ0) is 14.2. The predicted octanol–water partition coefficient (Wildman–Crippen LogP) is 3.52. The summed E-state index contributed by atoms with van der Waals surface area (Å²) in [4.78, 5) is 0. The molecule has 0 amide bonds. The number of hydrogen-bond donors (Lipinski definition) is 2. The van der Waals surface area contributed by atoms with Gasteiger partial charge in [-0.15, -0.1) is 0 Å². The molecule has 3 nitrogen and oxygen atoms in total. The Bertz CT molecular complexity index is 647. The van der Waals surface area contributed by atoms with Crippen LogP contribution in [0.15, 0.2) is 59.1 Å². The Morgan fingerprint density at radius 1 is 1.10 bits per heavy atom. The summed E-state index contributed by atoms with van der Waals surface area (Å²) in [6, 6.07) is 18.2. The van der Waals surface area contributed by atoms with Gasteiger partial charge in [0.1, 0.15) is 5.66 Å². The van der Waals surface area contributed by atoms with Crippen molar-refractivity contribution in [3.05, 3.63) is 64.6 Å². The number of hydrogen-bond acceptors (Lipinski definition) is 2. The maximum Gasteiger partial charge on any atom is 0.190 e. The molecule has 0 bridgehead atoms. The summed E-state index contributed by atoms with van der Waals surface area (Å²) in [5, 5.41) is 5.91. The minimum absolute atomic E-state index is 0.420.